The molecule has 0 unspecified atom stereocenters. The van der Waals surface area contributed by atoms with E-state index >= 15 is 0 Å². The van der Waals surface area contributed by atoms with Crippen LogP contribution in [0.4, 0.5) is 0 Å². The summed E-state index contributed by atoms with van der Waals surface area (Å²) in [7, 11) is 0. The first-order chi connectivity index (χ1) is 8.29. The van der Waals surface area contributed by atoms with Crippen molar-refractivity contribution in [2.24, 2.45) is 0 Å². The zero-order chi connectivity index (χ0) is 12.1. The number of ether oxygens (including phenoxy) is 2. The fourth-order valence-corrected chi connectivity index (χ4v) is 1.59. The highest BCUT2D eigenvalue weighted by molar-refractivity contribution is 7.07. The van der Waals surface area contributed by atoms with Gasteiger partial charge in [-0.2, -0.15) is 9.36 Å². The largest absolute Gasteiger partial charge is 0.462 e. The fourth-order valence-electron chi connectivity index (χ4n) is 1.18. The maximum atomic E-state index is 11.4. The summed E-state index contributed by atoms with van der Waals surface area (Å²) in [6.07, 6.45) is 1.42. The maximum Gasteiger partial charge on any atom is 0.338 e. The van der Waals surface area contributed by atoms with E-state index < -0.39 is 0 Å². The lowest BCUT2D eigenvalue weighted by atomic mass is 10.2. The van der Waals surface area contributed by atoms with Crippen LogP contribution < -0.4 is 4.74 Å². The number of rotatable bonds is 4. The third-order valence-electron chi connectivity index (χ3n) is 1.91. The summed E-state index contributed by atoms with van der Waals surface area (Å²) in [6, 6.07) is 6.67. The van der Waals surface area contributed by atoms with Crippen LogP contribution in [-0.4, -0.2) is 21.9 Å². The minimum atomic E-state index is -0.338. The third-order valence-corrected chi connectivity index (χ3v) is 2.46. The van der Waals surface area contributed by atoms with Crippen molar-refractivity contribution >= 4 is 17.5 Å². The van der Waals surface area contributed by atoms with Crippen LogP contribution in [0.1, 0.15) is 17.3 Å². The molecule has 0 amide bonds. The van der Waals surface area contributed by atoms with E-state index in [2.05, 4.69) is 9.36 Å². The number of hydrogen-bond donors (Lipinski definition) is 0. The molecule has 0 aliphatic rings. The molecule has 0 N–H and O–H groups in total. The van der Waals surface area contributed by atoms with Gasteiger partial charge in [-0.15, -0.1) is 0 Å². The van der Waals surface area contributed by atoms with Crippen molar-refractivity contribution in [3.63, 3.8) is 0 Å². The van der Waals surface area contributed by atoms with Gasteiger partial charge < -0.3 is 9.47 Å². The van der Waals surface area contributed by atoms with Gasteiger partial charge >= 0.3 is 5.97 Å². The first-order valence-corrected chi connectivity index (χ1v) is 5.78. The van der Waals surface area contributed by atoms with Gasteiger partial charge in [0.15, 0.2) is 0 Å². The van der Waals surface area contributed by atoms with Gasteiger partial charge in [0.05, 0.1) is 12.2 Å². The van der Waals surface area contributed by atoms with Crippen molar-refractivity contribution in [2.75, 3.05) is 6.61 Å². The molecule has 6 heteroatoms. The quantitative estimate of drug-likeness (QED) is 0.780. The SMILES string of the molecule is CCOC(=O)c1ccc(Oc2ncns2)cc1. The van der Waals surface area contributed by atoms with Crippen LogP contribution in [0, 0.1) is 0 Å². The molecule has 0 atom stereocenters. The van der Waals surface area contributed by atoms with E-state index in [0.717, 1.165) is 11.5 Å². The van der Waals surface area contributed by atoms with Crippen molar-refractivity contribution in [1.29, 1.82) is 0 Å². The lowest BCUT2D eigenvalue weighted by Crippen LogP contribution is -2.03. The molecule has 0 aliphatic heterocycles. The van der Waals surface area contributed by atoms with E-state index in [4.69, 9.17) is 9.47 Å². The Hall–Kier alpha value is -1.95. The Morgan fingerprint density at radius 3 is 2.71 bits per heavy atom. The minimum absolute atomic E-state index is 0.338. The average molecular weight is 250 g/mol. The van der Waals surface area contributed by atoms with Crippen molar-refractivity contribution < 1.29 is 14.3 Å². The molecule has 0 fully saturated rings. The molecule has 1 aromatic carbocycles. The van der Waals surface area contributed by atoms with Gasteiger partial charge in [0.2, 0.25) is 0 Å². The summed E-state index contributed by atoms with van der Waals surface area (Å²) in [5.74, 6) is 0.268. The van der Waals surface area contributed by atoms with Crippen LogP contribution in [0.15, 0.2) is 30.6 Å². The van der Waals surface area contributed by atoms with Gasteiger partial charge in [0.1, 0.15) is 12.1 Å². The van der Waals surface area contributed by atoms with Crippen molar-refractivity contribution in [1.82, 2.24) is 9.36 Å². The van der Waals surface area contributed by atoms with E-state index in [-0.39, 0.29) is 5.97 Å². The minimum Gasteiger partial charge on any atom is -0.462 e. The Bertz CT molecular complexity index is 482. The van der Waals surface area contributed by atoms with Crippen molar-refractivity contribution in [2.45, 2.75) is 6.92 Å². The maximum absolute atomic E-state index is 11.4. The molecule has 1 aromatic heterocycles. The Morgan fingerprint density at radius 1 is 1.35 bits per heavy atom. The van der Waals surface area contributed by atoms with Crippen molar-refractivity contribution in [3.05, 3.63) is 36.2 Å². The zero-order valence-electron chi connectivity index (χ0n) is 9.12. The van der Waals surface area contributed by atoms with E-state index in [0.29, 0.717) is 23.1 Å². The third kappa shape index (κ3) is 3.01. The molecule has 88 valence electrons. The van der Waals surface area contributed by atoms with Crippen LogP contribution >= 0.6 is 11.5 Å². The average Bonchev–Trinajstić information content (AvgIpc) is 2.83. The highest BCUT2D eigenvalue weighted by atomic mass is 32.1. The lowest BCUT2D eigenvalue weighted by molar-refractivity contribution is 0.0526. The highest BCUT2D eigenvalue weighted by Crippen LogP contribution is 2.22. The Kier molecular flexibility index (Phi) is 3.66. The smallest absolute Gasteiger partial charge is 0.338 e. The van der Waals surface area contributed by atoms with Crippen molar-refractivity contribution in [3.8, 4) is 10.9 Å². The molecular weight excluding hydrogens is 240 g/mol. The van der Waals surface area contributed by atoms with E-state index in [1.165, 1.54) is 6.33 Å². The Morgan fingerprint density at radius 2 is 2.12 bits per heavy atom. The monoisotopic (exact) mass is 250 g/mol. The molecule has 0 spiro atoms. The Labute approximate surface area is 102 Å². The predicted octanol–water partition coefficient (Wildman–Crippen LogP) is 2.51. The zero-order valence-corrected chi connectivity index (χ0v) is 9.94. The standard InChI is InChI=1S/C11H10N2O3S/c1-2-15-10(14)8-3-5-9(6-4-8)16-11-12-7-13-17-11/h3-7H,2H2,1H3. The second-order valence-corrected chi connectivity index (χ2v) is 3.80. The first-order valence-electron chi connectivity index (χ1n) is 5.01. The van der Waals surface area contributed by atoms with Gasteiger partial charge in [-0.25, -0.2) is 4.79 Å². The predicted molar refractivity (Wildman–Crippen MR) is 62.4 cm³/mol. The van der Waals surface area contributed by atoms with Crippen LogP contribution in [0.25, 0.3) is 0 Å². The van der Waals surface area contributed by atoms with Crippen LogP contribution in [0.2, 0.25) is 0 Å². The topological polar surface area (TPSA) is 61.3 Å². The summed E-state index contributed by atoms with van der Waals surface area (Å²) in [6.45, 7) is 2.13. The van der Waals surface area contributed by atoms with Gasteiger partial charge in [-0.3, -0.25) is 0 Å². The fraction of sp³-hybridized carbons (Fsp3) is 0.182. The summed E-state index contributed by atoms with van der Waals surface area (Å²) in [4.78, 5) is 15.3. The molecule has 5 nitrogen and oxygen atoms in total. The molecule has 17 heavy (non-hydrogen) atoms. The molecule has 0 bridgehead atoms. The van der Waals surface area contributed by atoms with Crippen LogP contribution in [-0.2, 0) is 4.74 Å². The highest BCUT2D eigenvalue weighted by Gasteiger charge is 2.06. The second kappa shape index (κ2) is 5.40. The molecule has 1 heterocycles. The number of nitrogens with zero attached hydrogens (tertiary/aromatic N) is 2. The molecule has 0 aliphatic carbocycles. The van der Waals surface area contributed by atoms with Gasteiger partial charge in [-0.1, -0.05) is 0 Å². The summed E-state index contributed by atoms with van der Waals surface area (Å²) >= 11 is 1.16. The normalized spacial score (nSPS) is 9.94. The van der Waals surface area contributed by atoms with Gasteiger partial charge in [0.25, 0.3) is 5.19 Å². The Balaban J connectivity index is 2.05. The van der Waals surface area contributed by atoms with E-state index in [9.17, 15) is 4.79 Å². The molecule has 2 aromatic rings. The lowest BCUT2D eigenvalue weighted by Gasteiger charge is -2.03. The summed E-state index contributed by atoms with van der Waals surface area (Å²) in [5.41, 5.74) is 0.497. The van der Waals surface area contributed by atoms with Crippen LogP contribution in [0.3, 0.4) is 0 Å². The summed E-state index contributed by atoms with van der Waals surface area (Å²) < 4.78 is 14.1. The molecule has 0 radical (unpaired) electrons. The first kappa shape index (κ1) is 11.5. The molecule has 0 saturated carbocycles. The van der Waals surface area contributed by atoms with Gasteiger partial charge in [0, 0.05) is 11.5 Å². The molecule has 0 saturated heterocycles. The molecular formula is C11H10N2O3S. The number of carbonyl (C=O) groups excluding carboxylic acids is 1. The second-order valence-electron chi connectivity index (χ2n) is 3.05. The van der Waals surface area contributed by atoms with E-state index in [1.807, 2.05) is 0 Å². The number of aromatic nitrogens is 2. The number of benzene rings is 1. The number of carbonyl (C=O) groups is 1. The van der Waals surface area contributed by atoms with Crippen LogP contribution in [0.5, 0.6) is 10.9 Å². The summed E-state index contributed by atoms with van der Waals surface area (Å²) in [5, 5.41) is 0.467. The molecule has 2 rings (SSSR count). The van der Waals surface area contributed by atoms with Gasteiger partial charge in [-0.05, 0) is 31.2 Å². The number of hydrogen-bond acceptors (Lipinski definition) is 6. The van der Waals surface area contributed by atoms with E-state index in [1.54, 1.807) is 31.2 Å². The number of esters is 1.